The summed E-state index contributed by atoms with van der Waals surface area (Å²) in [4.78, 5) is 8.68. The van der Waals surface area contributed by atoms with Crippen molar-refractivity contribution < 1.29 is 4.42 Å². The predicted octanol–water partition coefficient (Wildman–Crippen LogP) is 4.29. The van der Waals surface area contributed by atoms with Crippen molar-refractivity contribution in [1.82, 2.24) is 9.97 Å². The summed E-state index contributed by atoms with van der Waals surface area (Å²) in [6.07, 6.45) is 1.65. The third-order valence-electron chi connectivity index (χ3n) is 3.04. The Morgan fingerprint density at radius 1 is 1.00 bits per heavy atom. The minimum Gasteiger partial charge on any atom is -0.436 e. The van der Waals surface area contributed by atoms with Crippen LogP contribution < -0.4 is 0 Å². The summed E-state index contributed by atoms with van der Waals surface area (Å²) in [6.45, 7) is 0. The topological polar surface area (TPSA) is 38.9 Å². The number of aromatic nitrogens is 2. The molecule has 4 rings (SSSR count). The number of nitrogens with zero attached hydrogens (tertiary/aromatic N) is 2. The number of hydrogen-bond donors (Lipinski definition) is 0. The maximum Gasteiger partial charge on any atom is 0.246 e. The van der Waals surface area contributed by atoms with Crippen LogP contribution in [0.2, 0.25) is 0 Å². The van der Waals surface area contributed by atoms with Gasteiger partial charge >= 0.3 is 0 Å². The molecular formula is C14H7BrN2O. The number of hydrogen-bond acceptors (Lipinski definition) is 3. The van der Waals surface area contributed by atoms with Gasteiger partial charge in [0, 0.05) is 10.8 Å². The Kier molecular flexibility index (Phi) is 1.96. The molecule has 3 nitrogen and oxygen atoms in total. The molecule has 0 unspecified atom stereocenters. The lowest BCUT2D eigenvalue weighted by molar-refractivity contribution is 0.656. The fourth-order valence-electron chi connectivity index (χ4n) is 2.24. The Morgan fingerprint density at radius 3 is 2.83 bits per heavy atom. The molecule has 2 heterocycles. The average Bonchev–Trinajstić information content (AvgIpc) is 2.77. The van der Waals surface area contributed by atoms with E-state index in [0.29, 0.717) is 10.3 Å². The molecule has 0 amide bonds. The first-order chi connectivity index (χ1) is 8.83. The molecule has 2 aromatic carbocycles. The van der Waals surface area contributed by atoms with Gasteiger partial charge in [0.05, 0.1) is 6.20 Å². The lowest BCUT2D eigenvalue weighted by atomic mass is 10.1. The van der Waals surface area contributed by atoms with E-state index in [1.54, 1.807) is 6.20 Å². The van der Waals surface area contributed by atoms with Gasteiger partial charge in [0.1, 0.15) is 15.7 Å². The summed E-state index contributed by atoms with van der Waals surface area (Å²) in [5.41, 5.74) is 2.22. The monoisotopic (exact) mass is 298 g/mol. The predicted molar refractivity (Wildman–Crippen MR) is 74.5 cm³/mol. The van der Waals surface area contributed by atoms with E-state index in [1.807, 2.05) is 18.2 Å². The fourth-order valence-corrected chi connectivity index (χ4v) is 2.52. The van der Waals surface area contributed by atoms with Crippen molar-refractivity contribution in [2.75, 3.05) is 0 Å². The summed E-state index contributed by atoms with van der Waals surface area (Å²) in [5, 5.41) is 3.24. The molecule has 0 N–H and O–H groups in total. The third kappa shape index (κ3) is 1.29. The number of fused-ring (bicyclic) bond motifs is 5. The first kappa shape index (κ1) is 10.0. The van der Waals surface area contributed by atoms with E-state index in [1.165, 1.54) is 0 Å². The van der Waals surface area contributed by atoms with Crippen molar-refractivity contribution in [3.8, 4) is 0 Å². The third-order valence-corrected chi connectivity index (χ3v) is 3.43. The molecule has 2 aromatic heterocycles. The van der Waals surface area contributed by atoms with Crippen molar-refractivity contribution in [1.29, 1.82) is 0 Å². The van der Waals surface area contributed by atoms with E-state index in [9.17, 15) is 0 Å². The van der Waals surface area contributed by atoms with E-state index >= 15 is 0 Å². The normalized spacial score (nSPS) is 11.6. The Bertz CT molecular complexity index is 898. The lowest BCUT2D eigenvalue weighted by Crippen LogP contribution is -1.79. The zero-order valence-electron chi connectivity index (χ0n) is 9.22. The van der Waals surface area contributed by atoms with Gasteiger partial charge in [0.25, 0.3) is 0 Å². The van der Waals surface area contributed by atoms with Gasteiger partial charge in [0.2, 0.25) is 5.71 Å². The highest BCUT2D eigenvalue weighted by Crippen LogP contribution is 2.32. The zero-order chi connectivity index (χ0) is 12.1. The Hall–Kier alpha value is -1.94. The number of rotatable bonds is 0. The van der Waals surface area contributed by atoms with Gasteiger partial charge in [-0.1, -0.05) is 30.3 Å². The molecule has 0 aliphatic rings. The maximum absolute atomic E-state index is 5.83. The molecule has 0 saturated carbocycles. The fraction of sp³-hybridized carbons (Fsp3) is 0. The van der Waals surface area contributed by atoms with Crippen molar-refractivity contribution >= 4 is 48.9 Å². The van der Waals surface area contributed by atoms with E-state index < -0.39 is 0 Å². The Morgan fingerprint density at radius 2 is 1.89 bits per heavy atom. The van der Waals surface area contributed by atoms with Crippen LogP contribution in [-0.2, 0) is 0 Å². The van der Waals surface area contributed by atoms with E-state index in [-0.39, 0.29) is 0 Å². The van der Waals surface area contributed by atoms with Crippen LogP contribution >= 0.6 is 15.9 Å². The summed E-state index contributed by atoms with van der Waals surface area (Å²) < 4.78 is 6.54. The molecule has 0 bridgehead atoms. The first-order valence-electron chi connectivity index (χ1n) is 5.55. The minimum atomic E-state index is 0.574. The van der Waals surface area contributed by atoms with Crippen LogP contribution in [0.3, 0.4) is 0 Å². The largest absolute Gasteiger partial charge is 0.436 e. The summed E-state index contributed by atoms with van der Waals surface area (Å²) >= 11 is 3.34. The summed E-state index contributed by atoms with van der Waals surface area (Å²) in [5.74, 6) is 0. The van der Waals surface area contributed by atoms with Crippen LogP contribution in [0.1, 0.15) is 0 Å². The first-order valence-corrected chi connectivity index (χ1v) is 6.35. The summed E-state index contributed by atoms with van der Waals surface area (Å²) in [6, 6.07) is 12.3. The molecule has 0 spiro atoms. The van der Waals surface area contributed by atoms with Gasteiger partial charge in [0.15, 0.2) is 0 Å². The lowest BCUT2D eigenvalue weighted by Gasteiger charge is -1.96. The van der Waals surface area contributed by atoms with Crippen LogP contribution in [0.25, 0.3) is 33.0 Å². The number of halogens is 1. The van der Waals surface area contributed by atoms with Crippen LogP contribution in [0.5, 0.6) is 0 Å². The van der Waals surface area contributed by atoms with Crippen LogP contribution in [0, 0.1) is 0 Å². The van der Waals surface area contributed by atoms with Gasteiger partial charge in [-0.3, -0.25) is 0 Å². The highest BCUT2D eigenvalue weighted by atomic mass is 79.9. The van der Waals surface area contributed by atoms with E-state index in [0.717, 1.165) is 27.3 Å². The van der Waals surface area contributed by atoms with Gasteiger partial charge in [-0.15, -0.1) is 0 Å². The van der Waals surface area contributed by atoms with Crippen molar-refractivity contribution in [2.45, 2.75) is 0 Å². The molecule has 86 valence electrons. The Balaban J connectivity index is 2.30. The van der Waals surface area contributed by atoms with Gasteiger partial charge in [-0.2, -0.15) is 0 Å². The highest BCUT2D eigenvalue weighted by Gasteiger charge is 2.12. The second-order valence-corrected chi connectivity index (χ2v) is 4.92. The molecule has 0 saturated heterocycles. The summed E-state index contributed by atoms with van der Waals surface area (Å²) in [7, 11) is 0. The maximum atomic E-state index is 5.83. The average molecular weight is 299 g/mol. The Labute approximate surface area is 111 Å². The SMILES string of the molecule is Brc1cnc2oc3c4ccccc4ccc3c2n1. The molecule has 18 heavy (non-hydrogen) atoms. The van der Waals surface area contributed by atoms with Gasteiger partial charge in [-0.05, 0) is 27.4 Å². The number of benzene rings is 2. The molecule has 4 aromatic rings. The van der Waals surface area contributed by atoms with Gasteiger partial charge in [-0.25, -0.2) is 9.97 Å². The minimum absolute atomic E-state index is 0.574. The van der Waals surface area contributed by atoms with Crippen molar-refractivity contribution in [3.63, 3.8) is 0 Å². The van der Waals surface area contributed by atoms with Crippen molar-refractivity contribution in [2.24, 2.45) is 0 Å². The molecule has 0 aliphatic heterocycles. The second-order valence-electron chi connectivity index (χ2n) is 4.11. The molecule has 4 heteroatoms. The quantitative estimate of drug-likeness (QED) is 0.486. The van der Waals surface area contributed by atoms with Gasteiger partial charge < -0.3 is 4.42 Å². The van der Waals surface area contributed by atoms with E-state index in [4.69, 9.17) is 4.42 Å². The molecule has 0 atom stereocenters. The van der Waals surface area contributed by atoms with E-state index in [2.05, 4.69) is 44.1 Å². The molecule has 0 radical (unpaired) electrons. The number of furan rings is 1. The van der Waals surface area contributed by atoms with Crippen LogP contribution in [-0.4, -0.2) is 9.97 Å². The zero-order valence-corrected chi connectivity index (χ0v) is 10.8. The van der Waals surface area contributed by atoms with Crippen LogP contribution in [0.4, 0.5) is 0 Å². The van der Waals surface area contributed by atoms with Crippen molar-refractivity contribution in [3.05, 3.63) is 47.2 Å². The smallest absolute Gasteiger partial charge is 0.246 e. The van der Waals surface area contributed by atoms with Crippen LogP contribution in [0.15, 0.2) is 51.6 Å². The molecule has 0 aliphatic carbocycles. The molecule has 0 fully saturated rings. The molecular weight excluding hydrogens is 292 g/mol. The second kappa shape index (κ2) is 3.53. The highest BCUT2D eigenvalue weighted by molar-refractivity contribution is 9.10. The standard InChI is InChI=1S/C14H7BrN2O/c15-11-7-16-14-12(17-11)10-6-5-8-3-1-2-4-9(8)13(10)18-14/h1-7H.